The molecule has 1 heteroatoms. The van der Waals surface area contributed by atoms with Gasteiger partial charge in [0.15, 0.2) is 0 Å². The highest BCUT2D eigenvalue weighted by atomic mass is 15.2. The molecule has 4 aliphatic rings. The Hall–Kier alpha value is -1.50. The maximum Gasteiger partial charge on any atom is 0.0548 e. The van der Waals surface area contributed by atoms with E-state index in [1.165, 1.54) is 31.4 Å². The molecular formula is C18H21N. The average Bonchev–Trinajstić information content (AvgIpc) is 2.83. The second-order valence-corrected chi connectivity index (χ2v) is 6.01. The molecular weight excluding hydrogens is 230 g/mol. The van der Waals surface area contributed by atoms with Crippen LogP contribution in [0.5, 0.6) is 0 Å². The van der Waals surface area contributed by atoms with E-state index in [0.717, 1.165) is 5.92 Å². The molecule has 4 rings (SSSR count). The summed E-state index contributed by atoms with van der Waals surface area (Å²) in [6.45, 7) is 0. The highest BCUT2D eigenvalue weighted by molar-refractivity contribution is 5.33. The van der Waals surface area contributed by atoms with Gasteiger partial charge in [-0.3, -0.25) is 0 Å². The summed E-state index contributed by atoms with van der Waals surface area (Å²) in [6, 6.07) is 1.17. The van der Waals surface area contributed by atoms with Gasteiger partial charge in [-0.25, -0.2) is 0 Å². The summed E-state index contributed by atoms with van der Waals surface area (Å²) in [4.78, 5) is 2.67. The van der Waals surface area contributed by atoms with Gasteiger partial charge in [-0.15, -0.1) is 0 Å². The van der Waals surface area contributed by atoms with E-state index in [2.05, 4.69) is 59.6 Å². The van der Waals surface area contributed by atoms with Gasteiger partial charge in [0.05, 0.1) is 12.1 Å². The summed E-state index contributed by atoms with van der Waals surface area (Å²) in [7, 11) is 0. The van der Waals surface area contributed by atoms with E-state index in [9.17, 15) is 0 Å². The van der Waals surface area contributed by atoms with Crippen LogP contribution < -0.4 is 0 Å². The van der Waals surface area contributed by atoms with E-state index in [-0.39, 0.29) is 0 Å². The standard InChI is InChI=1S/C18H21N/c1-2-8-14(9-3-1)19-17-12-6-4-10-15(17)16-11-5-7-13-18(16)19/h2,4,6-10,12-13,15-18H,1,3,5,11H2. The third kappa shape index (κ3) is 1.75. The Bertz CT molecular complexity index is 506. The molecule has 1 heterocycles. The molecule has 1 saturated heterocycles. The Labute approximate surface area is 115 Å². The smallest absolute Gasteiger partial charge is 0.0548 e. The molecule has 1 aliphatic heterocycles. The molecule has 19 heavy (non-hydrogen) atoms. The first kappa shape index (κ1) is 11.3. The molecule has 1 nitrogen and oxygen atoms in total. The molecule has 98 valence electrons. The predicted octanol–water partition coefficient (Wildman–Crippen LogP) is 3.98. The van der Waals surface area contributed by atoms with E-state index in [4.69, 9.17) is 0 Å². The van der Waals surface area contributed by atoms with Gasteiger partial charge in [0.25, 0.3) is 0 Å². The number of nitrogens with zero attached hydrogens (tertiary/aromatic N) is 1. The van der Waals surface area contributed by atoms with E-state index in [1.807, 2.05) is 0 Å². The fourth-order valence-corrected chi connectivity index (χ4v) is 4.18. The lowest BCUT2D eigenvalue weighted by atomic mass is 9.80. The predicted molar refractivity (Wildman–Crippen MR) is 79.5 cm³/mol. The van der Waals surface area contributed by atoms with E-state index >= 15 is 0 Å². The number of allylic oxidation sites excluding steroid dienone is 6. The van der Waals surface area contributed by atoms with Crippen molar-refractivity contribution in [2.75, 3.05) is 0 Å². The Morgan fingerprint density at radius 2 is 1.84 bits per heavy atom. The first-order valence-electron chi connectivity index (χ1n) is 7.62. The molecule has 4 atom stereocenters. The zero-order chi connectivity index (χ0) is 12.7. The average molecular weight is 251 g/mol. The van der Waals surface area contributed by atoms with Crippen LogP contribution in [0.3, 0.4) is 0 Å². The summed E-state index contributed by atoms with van der Waals surface area (Å²) in [6.07, 6.45) is 26.2. The lowest BCUT2D eigenvalue weighted by Crippen LogP contribution is -2.36. The van der Waals surface area contributed by atoms with Gasteiger partial charge in [0.1, 0.15) is 0 Å². The van der Waals surface area contributed by atoms with E-state index in [0.29, 0.717) is 18.0 Å². The van der Waals surface area contributed by atoms with Gasteiger partial charge < -0.3 is 4.90 Å². The molecule has 0 aromatic rings. The summed E-state index contributed by atoms with van der Waals surface area (Å²) in [5.41, 5.74) is 1.44. The lowest BCUT2D eigenvalue weighted by Gasteiger charge is -2.34. The fourth-order valence-electron chi connectivity index (χ4n) is 4.18. The van der Waals surface area contributed by atoms with Gasteiger partial charge in [-0.05, 0) is 37.7 Å². The largest absolute Gasteiger partial charge is 0.358 e. The number of hydrogen-bond donors (Lipinski definition) is 0. The highest BCUT2D eigenvalue weighted by Crippen LogP contribution is 2.45. The number of likely N-dealkylation sites (tertiary alicyclic amines) is 1. The summed E-state index contributed by atoms with van der Waals surface area (Å²) < 4.78 is 0. The number of hydrogen-bond acceptors (Lipinski definition) is 1. The van der Waals surface area contributed by atoms with Crippen LogP contribution >= 0.6 is 0 Å². The summed E-state index contributed by atoms with van der Waals surface area (Å²) in [5, 5.41) is 0. The first-order valence-corrected chi connectivity index (χ1v) is 7.62. The van der Waals surface area contributed by atoms with Crippen LogP contribution in [0.2, 0.25) is 0 Å². The second kappa shape index (κ2) is 4.56. The SMILES string of the molecule is C1=CC2C3CCC=CC3N(C3=CCCC=C3)C2C=C1. The molecule has 3 aliphatic carbocycles. The lowest BCUT2D eigenvalue weighted by molar-refractivity contribution is 0.294. The fraction of sp³-hybridized carbons (Fsp3) is 0.444. The maximum absolute atomic E-state index is 2.67. The minimum Gasteiger partial charge on any atom is -0.358 e. The molecule has 0 aromatic carbocycles. The van der Waals surface area contributed by atoms with Crippen molar-refractivity contribution >= 4 is 0 Å². The Balaban J connectivity index is 1.75. The monoisotopic (exact) mass is 251 g/mol. The maximum atomic E-state index is 2.67. The van der Waals surface area contributed by atoms with E-state index < -0.39 is 0 Å². The van der Waals surface area contributed by atoms with Crippen molar-refractivity contribution in [1.29, 1.82) is 0 Å². The van der Waals surface area contributed by atoms with Crippen LogP contribution in [-0.2, 0) is 0 Å². The zero-order valence-electron chi connectivity index (χ0n) is 11.3. The molecule has 1 fully saturated rings. The summed E-state index contributed by atoms with van der Waals surface area (Å²) >= 11 is 0. The molecule has 0 saturated carbocycles. The third-order valence-electron chi connectivity index (χ3n) is 5.00. The van der Waals surface area contributed by atoms with Crippen LogP contribution in [0.1, 0.15) is 25.7 Å². The number of fused-ring (bicyclic) bond motifs is 3. The van der Waals surface area contributed by atoms with Gasteiger partial charge in [0.2, 0.25) is 0 Å². The van der Waals surface area contributed by atoms with Crippen LogP contribution in [-0.4, -0.2) is 17.0 Å². The summed E-state index contributed by atoms with van der Waals surface area (Å²) in [5.74, 6) is 1.50. The van der Waals surface area contributed by atoms with Crippen molar-refractivity contribution in [3.05, 3.63) is 60.4 Å². The molecule has 0 radical (unpaired) electrons. The Morgan fingerprint density at radius 3 is 2.74 bits per heavy atom. The Kier molecular flexibility index (Phi) is 2.72. The normalized spacial score (nSPS) is 39.2. The van der Waals surface area contributed by atoms with Crippen molar-refractivity contribution in [3.8, 4) is 0 Å². The van der Waals surface area contributed by atoms with Gasteiger partial charge in [-0.2, -0.15) is 0 Å². The molecule has 0 amide bonds. The molecule has 0 bridgehead atoms. The Morgan fingerprint density at radius 1 is 0.895 bits per heavy atom. The highest BCUT2D eigenvalue weighted by Gasteiger charge is 2.46. The molecule has 0 N–H and O–H groups in total. The van der Waals surface area contributed by atoms with E-state index in [1.54, 1.807) is 0 Å². The minimum atomic E-state index is 0.566. The van der Waals surface area contributed by atoms with Crippen LogP contribution in [0.25, 0.3) is 0 Å². The second-order valence-electron chi connectivity index (χ2n) is 6.01. The van der Waals surface area contributed by atoms with Crippen molar-refractivity contribution in [3.63, 3.8) is 0 Å². The van der Waals surface area contributed by atoms with Crippen LogP contribution in [0.4, 0.5) is 0 Å². The van der Waals surface area contributed by atoms with Crippen molar-refractivity contribution < 1.29 is 0 Å². The minimum absolute atomic E-state index is 0.566. The number of rotatable bonds is 1. The molecule has 0 aromatic heterocycles. The molecule has 0 spiro atoms. The van der Waals surface area contributed by atoms with Gasteiger partial charge in [0, 0.05) is 11.6 Å². The van der Waals surface area contributed by atoms with Crippen LogP contribution in [0, 0.1) is 11.8 Å². The van der Waals surface area contributed by atoms with Crippen LogP contribution in [0.15, 0.2) is 60.4 Å². The zero-order valence-corrected chi connectivity index (χ0v) is 11.3. The molecule has 4 unspecified atom stereocenters. The van der Waals surface area contributed by atoms with Crippen molar-refractivity contribution in [2.45, 2.75) is 37.8 Å². The third-order valence-corrected chi connectivity index (χ3v) is 5.00. The topological polar surface area (TPSA) is 3.24 Å². The van der Waals surface area contributed by atoms with Crippen molar-refractivity contribution in [2.24, 2.45) is 11.8 Å². The van der Waals surface area contributed by atoms with Gasteiger partial charge >= 0.3 is 0 Å². The first-order chi connectivity index (χ1) is 9.45. The quantitative estimate of drug-likeness (QED) is 0.637. The van der Waals surface area contributed by atoms with Gasteiger partial charge in [-0.1, -0.05) is 48.6 Å². The van der Waals surface area contributed by atoms with Crippen molar-refractivity contribution in [1.82, 2.24) is 4.90 Å².